The highest BCUT2D eigenvalue weighted by Crippen LogP contribution is 2.28. The van der Waals surface area contributed by atoms with Crippen molar-refractivity contribution in [2.75, 3.05) is 0 Å². The first-order valence-electron chi connectivity index (χ1n) is 4.30. The molecule has 0 N–H and O–H groups in total. The summed E-state index contributed by atoms with van der Waals surface area (Å²) in [6.45, 7) is 9.44. The number of carbonyl (C=O) groups excluding carboxylic acids is 1. The maximum absolute atomic E-state index is 11.6. The zero-order valence-corrected chi connectivity index (χ0v) is 8.02. The van der Waals surface area contributed by atoms with Crippen LogP contribution in [0.4, 0.5) is 0 Å². The maximum atomic E-state index is 11.6. The van der Waals surface area contributed by atoms with Crippen LogP contribution in [0.25, 0.3) is 0 Å². The van der Waals surface area contributed by atoms with E-state index in [1.165, 1.54) is 0 Å². The van der Waals surface area contributed by atoms with E-state index in [4.69, 9.17) is 4.74 Å². The molecule has 0 aromatic heterocycles. The summed E-state index contributed by atoms with van der Waals surface area (Å²) < 4.78 is 5.31. The average molecular weight is 168 g/mol. The van der Waals surface area contributed by atoms with Crippen molar-refractivity contribution in [3.8, 4) is 0 Å². The van der Waals surface area contributed by atoms with E-state index >= 15 is 0 Å². The summed E-state index contributed by atoms with van der Waals surface area (Å²) in [6, 6.07) is 0. The van der Waals surface area contributed by atoms with Crippen molar-refractivity contribution in [3.05, 3.63) is 12.3 Å². The molecule has 2 nitrogen and oxygen atoms in total. The fraction of sp³-hybridized carbons (Fsp3) is 0.700. The number of ether oxygens (including phenoxy) is 1. The highest BCUT2D eigenvalue weighted by Gasteiger charge is 2.34. The summed E-state index contributed by atoms with van der Waals surface area (Å²) in [7, 11) is 0. The fourth-order valence-electron chi connectivity index (χ4n) is 1.28. The van der Waals surface area contributed by atoms with Crippen LogP contribution in [0.2, 0.25) is 0 Å². The molecular formula is C10H16O2. The van der Waals surface area contributed by atoms with Gasteiger partial charge < -0.3 is 4.74 Å². The van der Waals surface area contributed by atoms with E-state index in [2.05, 4.69) is 6.58 Å². The van der Waals surface area contributed by atoms with Crippen LogP contribution >= 0.6 is 0 Å². The van der Waals surface area contributed by atoms with Gasteiger partial charge in [0.05, 0.1) is 5.76 Å². The fourth-order valence-corrected chi connectivity index (χ4v) is 1.28. The molecule has 1 heterocycles. The Hall–Kier alpha value is -0.790. The second-order valence-electron chi connectivity index (χ2n) is 4.30. The summed E-state index contributed by atoms with van der Waals surface area (Å²) in [6.07, 6.45) is 1.39. The molecular weight excluding hydrogens is 152 g/mol. The lowest BCUT2D eigenvalue weighted by Crippen LogP contribution is -2.31. The van der Waals surface area contributed by atoms with Gasteiger partial charge in [-0.25, -0.2) is 0 Å². The van der Waals surface area contributed by atoms with Gasteiger partial charge >= 0.3 is 0 Å². The molecule has 1 rings (SSSR count). The second-order valence-corrected chi connectivity index (χ2v) is 4.30. The summed E-state index contributed by atoms with van der Waals surface area (Å²) in [5.74, 6) is 0.929. The van der Waals surface area contributed by atoms with E-state index in [0.717, 1.165) is 18.6 Å². The quantitative estimate of drug-likeness (QED) is 0.600. The molecule has 0 aromatic rings. The maximum Gasteiger partial charge on any atom is 0.178 e. The van der Waals surface area contributed by atoms with Crippen molar-refractivity contribution in [1.29, 1.82) is 0 Å². The predicted octanol–water partition coefficient (Wildman–Crippen LogP) is 2.29. The molecule has 0 radical (unpaired) electrons. The van der Waals surface area contributed by atoms with Crippen LogP contribution in [0.1, 0.15) is 33.6 Å². The van der Waals surface area contributed by atoms with Gasteiger partial charge in [-0.3, -0.25) is 4.79 Å². The molecule has 1 atom stereocenters. The molecule has 0 aliphatic carbocycles. The molecule has 2 heteroatoms. The lowest BCUT2D eigenvalue weighted by Gasteiger charge is -2.20. The zero-order valence-electron chi connectivity index (χ0n) is 8.02. The Kier molecular flexibility index (Phi) is 2.27. The molecule has 1 fully saturated rings. The Balaban J connectivity index is 2.61. The summed E-state index contributed by atoms with van der Waals surface area (Å²) >= 11 is 0. The number of hydrogen-bond acceptors (Lipinski definition) is 2. The van der Waals surface area contributed by atoms with Crippen LogP contribution in [0.5, 0.6) is 0 Å². The van der Waals surface area contributed by atoms with Crippen molar-refractivity contribution in [3.63, 3.8) is 0 Å². The molecule has 68 valence electrons. The molecule has 0 saturated carbocycles. The standard InChI is InChI=1S/C10H16O2/c1-7-5-6-8(12-7)9(11)10(2,3)4/h8H,1,5-6H2,2-4H3/t8-/m1/s1. The van der Waals surface area contributed by atoms with Gasteiger partial charge in [0.15, 0.2) is 11.9 Å². The van der Waals surface area contributed by atoms with Gasteiger partial charge in [0.25, 0.3) is 0 Å². The van der Waals surface area contributed by atoms with Crippen LogP contribution in [0.3, 0.4) is 0 Å². The number of hydrogen-bond donors (Lipinski definition) is 0. The van der Waals surface area contributed by atoms with Crippen molar-refractivity contribution >= 4 is 5.78 Å². The number of carbonyl (C=O) groups is 1. The van der Waals surface area contributed by atoms with Gasteiger partial charge in [0, 0.05) is 11.8 Å². The van der Waals surface area contributed by atoms with E-state index < -0.39 is 0 Å². The molecule has 0 amide bonds. The molecule has 1 aliphatic rings. The molecule has 1 saturated heterocycles. The van der Waals surface area contributed by atoms with Gasteiger partial charge in [-0.2, -0.15) is 0 Å². The SMILES string of the molecule is C=C1CC[C@H](C(=O)C(C)(C)C)O1. The van der Waals surface area contributed by atoms with E-state index in [-0.39, 0.29) is 17.3 Å². The van der Waals surface area contributed by atoms with Gasteiger partial charge in [0.1, 0.15) is 0 Å². The third-order valence-corrected chi connectivity index (χ3v) is 2.03. The Bertz CT molecular complexity index is 210. The molecule has 0 bridgehead atoms. The monoisotopic (exact) mass is 168 g/mol. The Labute approximate surface area is 73.6 Å². The molecule has 0 unspecified atom stereocenters. The van der Waals surface area contributed by atoms with E-state index in [1.54, 1.807) is 0 Å². The van der Waals surface area contributed by atoms with Crippen LogP contribution in [0.15, 0.2) is 12.3 Å². The van der Waals surface area contributed by atoms with Gasteiger partial charge in [-0.05, 0) is 6.42 Å². The molecule has 12 heavy (non-hydrogen) atoms. The van der Waals surface area contributed by atoms with Crippen LogP contribution in [-0.2, 0) is 9.53 Å². The largest absolute Gasteiger partial charge is 0.488 e. The number of allylic oxidation sites excluding steroid dienone is 1. The van der Waals surface area contributed by atoms with Crippen molar-refractivity contribution in [2.45, 2.75) is 39.7 Å². The lowest BCUT2D eigenvalue weighted by molar-refractivity contribution is -0.134. The van der Waals surface area contributed by atoms with Crippen molar-refractivity contribution in [2.24, 2.45) is 5.41 Å². The lowest BCUT2D eigenvalue weighted by atomic mass is 9.87. The first-order chi connectivity index (χ1) is 5.41. The summed E-state index contributed by atoms with van der Waals surface area (Å²) in [5, 5.41) is 0. The topological polar surface area (TPSA) is 26.3 Å². The first kappa shape index (κ1) is 9.30. The zero-order chi connectivity index (χ0) is 9.35. The van der Waals surface area contributed by atoms with Crippen LogP contribution in [-0.4, -0.2) is 11.9 Å². The van der Waals surface area contributed by atoms with Gasteiger partial charge in [-0.1, -0.05) is 27.4 Å². The number of rotatable bonds is 1. The summed E-state index contributed by atoms with van der Waals surface area (Å²) in [5.41, 5.74) is -0.296. The van der Waals surface area contributed by atoms with E-state index in [0.29, 0.717) is 0 Å². The van der Waals surface area contributed by atoms with E-state index in [1.807, 2.05) is 20.8 Å². The van der Waals surface area contributed by atoms with Gasteiger partial charge in [0.2, 0.25) is 0 Å². The first-order valence-corrected chi connectivity index (χ1v) is 4.30. The Morgan fingerprint density at radius 2 is 2.17 bits per heavy atom. The minimum atomic E-state index is -0.296. The molecule has 0 spiro atoms. The third-order valence-electron chi connectivity index (χ3n) is 2.03. The Morgan fingerprint density at radius 3 is 2.50 bits per heavy atom. The van der Waals surface area contributed by atoms with Crippen LogP contribution in [0, 0.1) is 5.41 Å². The predicted molar refractivity (Wildman–Crippen MR) is 47.7 cm³/mol. The molecule has 0 aromatic carbocycles. The smallest absolute Gasteiger partial charge is 0.178 e. The third kappa shape index (κ3) is 1.87. The van der Waals surface area contributed by atoms with Gasteiger partial charge in [-0.15, -0.1) is 0 Å². The second kappa shape index (κ2) is 2.92. The van der Waals surface area contributed by atoms with Crippen molar-refractivity contribution in [1.82, 2.24) is 0 Å². The highest BCUT2D eigenvalue weighted by molar-refractivity contribution is 5.88. The number of ketones is 1. The van der Waals surface area contributed by atoms with Crippen molar-refractivity contribution < 1.29 is 9.53 Å². The van der Waals surface area contributed by atoms with E-state index in [9.17, 15) is 4.79 Å². The average Bonchev–Trinajstić information content (AvgIpc) is 2.32. The summed E-state index contributed by atoms with van der Waals surface area (Å²) in [4.78, 5) is 11.6. The normalized spacial score (nSPS) is 23.9. The molecule has 1 aliphatic heterocycles. The minimum Gasteiger partial charge on any atom is -0.488 e. The Morgan fingerprint density at radius 1 is 1.58 bits per heavy atom. The van der Waals surface area contributed by atoms with Crippen LogP contribution < -0.4 is 0 Å². The highest BCUT2D eigenvalue weighted by atomic mass is 16.5. The minimum absolute atomic E-state index is 0.182. The number of Topliss-reactive ketones (excluding diaryl/α,β-unsaturated/α-hetero) is 1.